The van der Waals surface area contributed by atoms with E-state index < -0.39 is 6.03 Å². The van der Waals surface area contributed by atoms with Crippen molar-refractivity contribution >= 4 is 51.5 Å². The Kier molecular flexibility index (Phi) is 7.84. The normalized spacial score (nSPS) is 10.6. The number of aryl methyl sites for hydroxylation is 3. The lowest BCUT2D eigenvalue weighted by atomic mass is 10.1. The molecule has 3 amide bonds. The van der Waals surface area contributed by atoms with Crippen molar-refractivity contribution in [3.8, 4) is 0 Å². The molecule has 1 aromatic heterocycles. The highest BCUT2D eigenvalue weighted by Crippen LogP contribution is 2.30. The molecule has 0 unspecified atom stereocenters. The molecule has 4 rings (SSSR count). The third kappa shape index (κ3) is 6.49. The second-order valence-corrected chi connectivity index (χ2v) is 10.2. The van der Waals surface area contributed by atoms with Crippen LogP contribution in [-0.4, -0.2) is 16.9 Å². The van der Waals surface area contributed by atoms with Gasteiger partial charge in [0.15, 0.2) is 5.13 Å². The number of hydrogen-bond donors (Lipinski definition) is 3. The molecule has 1 heterocycles. The van der Waals surface area contributed by atoms with Crippen molar-refractivity contribution in [3.05, 3.63) is 100 Å². The number of urea groups is 1. The van der Waals surface area contributed by atoms with E-state index in [2.05, 4.69) is 33.1 Å². The molecule has 6 nitrogen and oxygen atoms in total. The highest BCUT2D eigenvalue weighted by atomic mass is 32.2. The third-order valence-corrected chi connectivity index (χ3v) is 7.29. The van der Waals surface area contributed by atoms with E-state index in [0.29, 0.717) is 15.7 Å². The van der Waals surface area contributed by atoms with Crippen molar-refractivity contribution in [2.75, 3.05) is 16.0 Å². The standard InChI is InChI=1S/C27H26N4O2S2/c1-17-13-18(2)24(19(3)14-17)30-25(32)23-15-28-27(35-23)31-26(33)29-21-11-7-8-12-22(21)34-16-20-9-5-4-6-10-20/h4-15H,16H2,1-3H3,(H,30,32)(H2,28,29,31,33). The van der Waals surface area contributed by atoms with Crippen molar-refractivity contribution in [1.29, 1.82) is 0 Å². The van der Waals surface area contributed by atoms with Gasteiger partial charge in [-0.1, -0.05) is 71.5 Å². The maximum absolute atomic E-state index is 12.8. The molecule has 4 aromatic rings. The number of thiazole rings is 1. The van der Waals surface area contributed by atoms with Crippen molar-refractivity contribution < 1.29 is 9.59 Å². The first-order valence-electron chi connectivity index (χ1n) is 11.1. The van der Waals surface area contributed by atoms with Crippen LogP contribution in [-0.2, 0) is 5.75 Å². The molecule has 0 bridgehead atoms. The van der Waals surface area contributed by atoms with Crippen LogP contribution in [0.2, 0.25) is 0 Å². The van der Waals surface area contributed by atoms with Gasteiger partial charge in [-0.15, -0.1) is 11.8 Å². The summed E-state index contributed by atoms with van der Waals surface area (Å²) in [6.45, 7) is 5.96. The second-order valence-electron chi connectivity index (χ2n) is 8.11. The minimum Gasteiger partial charge on any atom is -0.321 e. The van der Waals surface area contributed by atoms with Crippen molar-refractivity contribution in [1.82, 2.24) is 4.98 Å². The summed E-state index contributed by atoms with van der Waals surface area (Å²) < 4.78 is 0. The van der Waals surface area contributed by atoms with Gasteiger partial charge in [-0.3, -0.25) is 10.1 Å². The van der Waals surface area contributed by atoms with Gasteiger partial charge in [-0.25, -0.2) is 9.78 Å². The first-order valence-corrected chi connectivity index (χ1v) is 12.9. The molecule has 0 aliphatic rings. The number of amides is 3. The summed E-state index contributed by atoms with van der Waals surface area (Å²) in [6, 6.07) is 21.5. The summed E-state index contributed by atoms with van der Waals surface area (Å²) in [5, 5.41) is 8.93. The Balaban J connectivity index is 1.37. The topological polar surface area (TPSA) is 83.1 Å². The number of para-hydroxylation sites is 1. The number of nitrogens with zero attached hydrogens (tertiary/aromatic N) is 1. The second kappa shape index (κ2) is 11.2. The summed E-state index contributed by atoms with van der Waals surface area (Å²) in [5.41, 5.74) is 5.87. The van der Waals surface area contributed by atoms with E-state index in [0.717, 1.165) is 44.4 Å². The maximum Gasteiger partial charge on any atom is 0.325 e. The predicted octanol–water partition coefficient (Wildman–Crippen LogP) is 7.26. The number of thioether (sulfide) groups is 1. The summed E-state index contributed by atoms with van der Waals surface area (Å²) in [5.74, 6) is 0.542. The van der Waals surface area contributed by atoms with Crippen LogP contribution in [0.15, 0.2) is 77.8 Å². The lowest BCUT2D eigenvalue weighted by molar-refractivity contribution is 0.103. The smallest absolute Gasteiger partial charge is 0.321 e. The molecule has 0 radical (unpaired) electrons. The van der Waals surface area contributed by atoms with Crippen LogP contribution >= 0.6 is 23.1 Å². The minimum atomic E-state index is -0.413. The fraction of sp³-hybridized carbons (Fsp3) is 0.148. The molecule has 0 fully saturated rings. The van der Waals surface area contributed by atoms with Crippen LogP contribution in [0.3, 0.4) is 0 Å². The van der Waals surface area contributed by atoms with Crippen molar-refractivity contribution in [2.45, 2.75) is 31.4 Å². The molecule has 3 aromatic carbocycles. The Morgan fingerprint density at radius 1 is 0.886 bits per heavy atom. The number of rotatable bonds is 7. The SMILES string of the molecule is Cc1cc(C)c(NC(=O)c2cnc(NC(=O)Nc3ccccc3SCc3ccccc3)s2)c(C)c1. The lowest BCUT2D eigenvalue weighted by Crippen LogP contribution is -2.19. The lowest BCUT2D eigenvalue weighted by Gasteiger charge is -2.12. The van der Waals surface area contributed by atoms with E-state index in [1.165, 1.54) is 11.8 Å². The molecular weight excluding hydrogens is 476 g/mol. The average molecular weight is 503 g/mol. The molecule has 178 valence electrons. The molecule has 0 saturated heterocycles. The Hall–Kier alpha value is -3.62. The monoisotopic (exact) mass is 502 g/mol. The third-order valence-electron chi connectivity index (χ3n) is 5.24. The molecular formula is C27H26N4O2S2. The van der Waals surface area contributed by atoms with E-state index in [-0.39, 0.29) is 5.91 Å². The van der Waals surface area contributed by atoms with Gasteiger partial charge >= 0.3 is 6.03 Å². The van der Waals surface area contributed by atoms with Crippen LogP contribution in [0.1, 0.15) is 31.9 Å². The zero-order chi connectivity index (χ0) is 24.8. The van der Waals surface area contributed by atoms with Crippen LogP contribution < -0.4 is 16.0 Å². The zero-order valence-electron chi connectivity index (χ0n) is 19.7. The Morgan fingerprint density at radius 2 is 1.57 bits per heavy atom. The first kappa shape index (κ1) is 24.5. The molecule has 0 saturated carbocycles. The quantitative estimate of drug-likeness (QED) is 0.232. The Morgan fingerprint density at radius 3 is 2.31 bits per heavy atom. The van der Waals surface area contributed by atoms with E-state index in [9.17, 15) is 9.59 Å². The number of carbonyl (C=O) groups excluding carboxylic acids is 2. The van der Waals surface area contributed by atoms with Gasteiger partial charge in [-0.2, -0.15) is 0 Å². The fourth-order valence-electron chi connectivity index (χ4n) is 3.67. The number of benzene rings is 3. The highest BCUT2D eigenvalue weighted by Gasteiger charge is 2.15. The van der Waals surface area contributed by atoms with Gasteiger partial charge < -0.3 is 10.6 Å². The van der Waals surface area contributed by atoms with Gasteiger partial charge in [0.25, 0.3) is 5.91 Å². The number of nitrogens with one attached hydrogen (secondary N) is 3. The van der Waals surface area contributed by atoms with E-state index >= 15 is 0 Å². The molecule has 35 heavy (non-hydrogen) atoms. The molecule has 3 N–H and O–H groups in total. The molecule has 0 atom stereocenters. The van der Waals surface area contributed by atoms with Gasteiger partial charge in [0.2, 0.25) is 0 Å². The molecule has 0 aliphatic carbocycles. The van der Waals surface area contributed by atoms with Crippen molar-refractivity contribution in [3.63, 3.8) is 0 Å². The fourth-order valence-corrected chi connectivity index (χ4v) is 5.34. The molecule has 8 heteroatoms. The number of anilines is 3. The predicted molar refractivity (Wildman–Crippen MR) is 146 cm³/mol. The van der Waals surface area contributed by atoms with Crippen LogP contribution in [0.25, 0.3) is 0 Å². The van der Waals surface area contributed by atoms with Crippen LogP contribution in [0, 0.1) is 20.8 Å². The summed E-state index contributed by atoms with van der Waals surface area (Å²) in [7, 11) is 0. The number of carbonyl (C=O) groups is 2. The first-order chi connectivity index (χ1) is 16.9. The number of aromatic nitrogens is 1. The maximum atomic E-state index is 12.8. The van der Waals surface area contributed by atoms with Gasteiger partial charge in [-0.05, 0) is 49.6 Å². The van der Waals surface area contributed by atoms with Gasteiger partial charge in [0.1, 0.15) is 4.88 Å². The average Bonchev–Trinajstić information content (AvgIpc) is 3.30. The minimum absolute atomic E-state index is 0.256. The number of hydrogen-bond acceptors (Lipinski definition) is 5. The van der Waals surface area contributed by atoms with Crippen LogP contribution in [0.5, 0.6) is 0 Å². The highest BCUT2D eigenvalue weighted by molar-refractivity contribution is 7.98. The molecule has 0 spiro atoms. The summed E-state index contributed by atoms with van der Waals surface area (Å²) in [4.78, 5) is 31.0. The summed E-state index contributed by atoms with van der Waals surface area (Å²) >= 11 is 2.78. The zero-order valence-corrected chi connectivity index (χ0v) is 21.3. The van der Waals surface area contributed by atoms with Crippen molar-refractivity contribution in [2.24, 2.45) is 0 Å². The van der Waals surface area contributed by atoms with Crippen LogP contribution in [0.4, 0.5) is 21.3 Å². The Labute approximate surface area is 213 Å². The van der Waals surface area contributed by atoms with Gasteiger partial charge in [0, 0.05) is 16.3 Å². The van der Waals surface area contributed by atoms with E-state index in [4.69, 9.17) is 0 Å². The largest absolute Gasteiger partial charge is 0.325 e. The van der Waals surface area contributed by atoms with E-state index in [1.807, 2.05) is 75.4 Å². The van der Waals surface area contributed by atoms with Gasteiger partial charge in [0.05, 0.1) is 11.9 Å². The van der Waals surface area contributed by atoms with E-state index in [1.54, 1.807) is 11.8 Å². The summed E-state index contributed by atoms with van der Waals surface area (Å²) in [6.07, 6.45) is 1.47. The Bertz CT molecular complexity index is 1330. The molecule has 0 aliphatic heterocycles.